The van der Waals surface area contributed by atoms with Crippen LogP contribution in [0.1, 0.15) is 38.1 Å². The molecular weight excluding hydrogens is 249 g/mol. The summed E-state index contributed by atoms with van der Waals surface area (Å²) in [7, 11) is 0. The fraction of sp³-hybridized carbons (Fsp3) is 0.429. The summed E-state index contributed by atoms with van der Waals surface area (Å²) in [5, 5.41) is 2.76. The summed E-state index contributed by atoms with van der Waals surface area (Å²) < 4.78 is 18.3. The molecule has 0 saturated carbocycles. The van der Waals surface area contributed by atoms with Crippen LogP contribution in [-0.2, 0) is 4.79 Å². The van der Waals surface area contributed by atoms with Gasteiger partial charge in [-0.05, 0) is 45.9 Å². The topological polar surface area (TPSA) is 55.4 Å². The van der Waals surface area contributed by atoms with E-state index in [0.29, 0.717) is 6.29 Å². The standard InChI is InChI=1S/C14H18FNO3/c1-9(13(18)16-14(2,3)4)19-12-6-5-11(15)7-10(12)8-17/h5-9H,1-4H3,(H,16,18). The van der Waals surface area contributed by atoms with Crippen molar-refractivity contribution in [3.05, 3.63) is 29.6 Å². The Labute approximate surface area is 112 Å². The molecule has 104 valence electrons. The van der Waals surface area contributed by atoms with Crippen LogP contribution in [0.25, 0.3) is 0 Å². The third-order valence-corrected chi connectivity index (χ3v) is 2.27. The highest BCUT2D eigenvalue weighted by Gasteiger charge is 2.21. The Morgan fingerprint density at radius 2 is 2.05 bits per heavy atom. The van der Waals surface area contributed by atoms with Gasteiger partial charge in [0, 0.05) is 5.54 Å². The van der Waals surface area contributed by atoms with Crippen molar-refractivity contribution in [3.8, 4) is 5.75 Å². The van der Waals surface area contributed by atoms with Crippen LogP contribution in [-0.4, -0.2) is 23.8 Å². The molecule has 0 radical (unpaired) electrons. The number of aldehydes is 1. The zero-order valence-electron chi connectivity index (χ0n) is 11.5. The van der Waals surface area contributed by atoms with Crippen molar-refractivity contribution in [1.29, 1.82) is 0 Å². The molecule has 0 aliphatic heterocycles. The van der Waals surface area contributed by atoms with E-state index in [9.17, 15) is 14.0 Å². The molecule has 1 unspecified atom stereocenters. The summed E-state index contributed by atoms with van der Waals surface area (Å²) in [6.07, 6.45) is -0.282. The smallest absolute Gasteiger partial charge is 0.261 e. The van der Waals surface area contributed by atoms with Crippen LogP contribution < -0.4 is 10.1 Å². The van der Waals surface area contributed by atoms with Crippen LogP contribution in [0.15, 0.2) is 18.2 Å². The molecule has 1 N–H and O–H groups in total. The van der Waals surface area contributed by atoms with Gasteiger partial charge in [0.1, 0.15) is 11.6 Å². The quantitative estimate of drug-likeness (QED) is 0.852. The molecule has 1 atom stereocenters. The summed E-state index contributed by atoms with van der Waals surface area (Å²) in [6, 6.07) is 3.58. The van der Waals surface area contributed by atoms with Gasteiger partial charge in [-0.25, -0.2) is 4.39 Å². The van der Waals surface area contributed by atoms with Gasteiger partial charge in [0.2, 0.25) is 0 Å². The first-order chi connectivity index (χ1) is 8.73. The Morgan fingerprint density at radius 3 is 2.58 bits per heavy atom. The normalized spacial score (nSPS) is 12.7. The Hall–Kier alpha value is -1.91. The van der Waals surface area contributed by atoms with Gasteiger partial charge in [-0.1, -0.05) is 0 Å². The lowest BCUT2D eigenvalue weighted by Crippen LogP contribution is -2.46. The van der Waals surface area contributed by atoms with Crippen LogP contribution in [0, 0.1) is 5.82 Å². The van der Waals surface area contributed by atoms with Gasteiger partial charge in [0.25, 0.3) is 5.91 Å². The molecule has 0 saturated heterocycles. The Balaban J connectivity index is 2.79. The van der Waals surface area contributed by atoms with E-state index in [-0.39, 0.29) is 22.8 Å². The van der Waals surface area contributed by atoms with Gasteiger partial charge in [-0.2, -0.15) is 0 Å². The molecule has 5 heteroatoms. The van der Waals surface area contributed by atoms with E-state index in [1.165, 1.54) is 12.1 Å². The largest absolute Gasteiger partial charge is 0.480 e. The molecule has 1 rings (SSSR count). The maximum atomic E-state index is 13.0. The summed E-state index contributed by atoms with van der Waals surface area (Å²) in [6.45, 7) is 7.13. The first-order valence-corrected chi connectivity index (χ1v) is 5.96. The molecule has 0 fully saturated rings. The molecule has 0 spiro atoms. The molecule has 0 aliphatic carbocycles. The van der Waals surface area contributed by atoms with Crippen LogP contribution in [0.2, 0.25) is 0 Å². The molecule has 1 amide bonds. The molecule has 1 aromatic rings. The van der Waals surface area contributed by atoms with Crippen LogP contribution in [0.3, 0.4) is 0 Å². The fourth-order valence-electron chi connectivity index (χ4n) is 1.43. The summed E-state index contributed by atoms with van der Waals surface area (Å²) in [5.74, 6) is -0.636. The Morgan fingerprint density at radius 1 is 1.42 bits per heavy atom. The minimum atomic E-state index is -0.775. The second-order valence-electron chi connectivity index (χ2n) is 5.30. The third kappa shape index (κ3) is 4.69. The SMILES string of the molecule is CC(Oc1ccc(F)cc1C=O)C(=O)NC(C)(C)C. The number of benzene rings is 1. The van der Waals surface area contributed by atoms with Crippen LogP contribution in [0.4, 0.5) is 4.39 Å². The summed E-state index contributed by atoms with van der Waals surface area (Å²) >= 11 is 0. The van der Waals surface area contributed by atoms with E-state index >= 15 is 0 Å². The zero-order chi connectivity index (χ0) is 14.6. The number of hydrogen-bond donors (Lipinski definition) is 1. The molecule has 1 aromatic carbocycles. The highest BCUT2D eigenvalue weighted by Crippen LogP contribution is 2.19. The maximum Gasteiger partial charge on any atom is 0.261 e. The molecule has 0 bridgehead atoms. The lowest BCUT2D eigenvalue weighted by atomic mass is 10.1. The van der Waals surface area contributed by atoms with E-state index in [4.69, 9.17) is 4.74 Å². The lowest BCUT2D eigenvalue weighted by Gasteiger charge is -2.23. The van der Waals surface area contributed by atoms with Gasteiger partial charge < -0.3 is 10.1 Å². The minimum absolute atomic E-state index is 0.0791. The molecule has 19 heavy (non-hydrogen) atoms. The number of ether oxygens (including phenoxy) is 1. The second-order valence-corrected chi connectivity index (χ2v) is 5.30. The van der Waals surface area contributed by atoms with Crippen molar-refractivity contribution in [2.24, 2.45) is 0 Å². The first kappa shape index (κ1) is 15.1. The monoisotopic (exact) mass is 267 g/mol. The number of carbonyl (C=O) groups excluding carboxylic acids is 2. The lowest BCUT2D eigenvalue weighted by molar-refractivity contribution is -0.128. The van der Waals surface area contributed by atoms with Gasteiger partial charge in [0.15, 0.2) is 12.4 Å². The average molecular weight is 267 g/mol. The van der Waals surface area contributed by atoms with E-state index in [0.717, 1.165) is 6.07 Å². The Kier molecular flexibility index (Phi) is 4.64. The molecule has 4 nitrogen and oxygen atoms in total. The van der Waals surface area contributed by atoms with E-state index in [2.05, 4.69) is 5.32 Å². The van der Waals surface area contributed by atoms with Gasteiger partial charge in [-0.15, -0.1) is 0 Å². The minimum Gasteiger partial charge on any atom is -0.480 e. The number of halogens is 1. The second kappa shape index (κ2) is 5.82. The van der Waals surface area contributed by atoms with Crippen molar-refractivity contribution >= 4 is 12.2 Å². The first-order valence-electron chi connectivity index (χ1n) is 5.96. The molecule has 0 heterocycles. The van der Waals surface area contributed by atoms with Gasteiger partial charge in [-0.3, -0.25) is 9.59 Å². The van der Waals surface area contributed by atoms with E-state index in [1.54, 1.807) is 6.92 Å². The number of hydrogen-bond acceptors (Lipinski definition) is 3. The van der Waals surface area contributed by atoms with Crippen molar-refractivity contribution in [3.63, 3.8) is 0 Å². The maximum absolute atomic E-state index is 13.0. The predicted octanol–water partition coefficient (Wildman–Crippen LogP) is 2.32. The summed E-state index contributed by atoms with van der Waals surface area (Å²) in [5.41, 5.74) is -0.291. The summed E-state index contributed by atoms with van der Waals surface area (Å²) in [4.78, 5) is 22.6. The van der Waals surface area contributed by atoms with Crippen molar-refractivity contribution in [2.75, 3.05) is 0 Å². The van der Waals surface area contributed by atoms with Gasteiger partial charge in [0.05, 0.1) is 5.56 Å². The Bertz CT molecular complexity index is 480. The van der Waals surface area contributed by atoms with Crippen molar-refractivity contribution in [2.45, 2.75) is 39.3 Å². The number of rotatable bonds is 4. The predicted molar refractivity (Wildman–Crippen MR) is 69.8 cm³/mol. The zero-order valence-corrected chi connectivity index (χ0v) is 11.5. The van der Waals surface area contributed by atoms with E-state index < -0.39 is 11.9 Å². The third-order valence-electron chi connectivity index (χ3n) is 2.27. The van der Waals surface area contributed by atoms with Crippen LogP contribution >= 0.6 is 0 Å². The average Bonchev–Trinajstić information content (AvgIpc) is 2.29. The van der Waals surface area contributed by atoms with Crippen LogP contribution in [0.5, 0.6) is 5.75 Å². The van der Waals surface area contributed by atoms with Gasteiger partial charge >= 0.3 is 0 Å². The fourth-order valence-corrected chi connectivity index (χ4v) is 1.43. The number of amides is 1. The highest BCUT2D eigenvalue weighted by atomic mass is 19.1. The number of carbonyl (C=O) groups is 2. The van der Waals surface area contributed by atoms with Crippen molar-refractivity contribution < 1.29 is 18.7 Å². The molecular formula is C14H18FNO3. The number of nitrogens with one attached hydrogen (secondary N) is 1. The van der Waals surface area contributed by atoms with E-state index in [1.807, 2.05) is 20.8 Å². The molecule has 0 aliphatic rings. The highest BCUT2D eigenvalue weighted by molar-refractivity contribution is 5.83. The molecule has 0 aromatic heterocycles. The van der Waals surface area contributed by atoms with Crippen molar-refractivity contribution in [1.82, 2.24) is 5.32 Å².